The lowest BCUT2D eigenvalue weighted by molar-refractivity contribution is 0.470. The lowest BCUT2D eigenvalue weighted by atomic mass is 10.0. The molecule has 0 aliphatic heterocycles. The van der Waals surface area contributed by atoms with Crippen LogP contribution in [0.5, 0.6) is 23.0 Å². The number of phenols is 4. The van der Waals surface area contributed by atoms with Crippen LogP contribution in [0.4, 0.5) is 11.4 Å². The number of benzene rings is 4. The van der Waals surface area contributed by atoms with E-state index in [1.54, 1.807) is 48.5 Å². The molecule has 10 heteroatoms. The average Bonchev–Trinajstić information content (AvgIpc) is 2.85. The van der Waals surface area contributed by atoms with Gasteiger partial charge in [0.1, 0.15) is 34.4 Å². The van der Waals surface area contributed by atoms with Gasteiger partial charge in [0, 0.05) is 33.6 Å². The Balaban J connectivity index is 1.58. The Labute approximate surface area is 239 Å². The third kappa shape index (κ3) is 6.64. The van der Waals surface area contributed by atoms with Gasteiger partial charge in [-0.25, -0.2) is 0 Å². The van der Waals surface area contributed by atoms with Crippen molar-refractivity contribution in [1.29, 1.82) is 0 Å². The van der Waals surface area contributed by atoms with Crippen LogP contribution in [0.25, 0.3) is 0 Å². The molecule has 0 radical (unpaired) electrons. The molecule has 6 nitrogen and oxygen atoms in total. The molecule has 4 aromatic carbocycles. The Kier molecular flexibility index (Phi) is 8.44. The van der Waals surface area contributed by atoms with Gasteiger partial charge in [-0.2, -0.15) is 0 Å². The van der Waals surface area contributed by atoms with E-state index in [9.17, 15) is 20.4 Å². The summed E-state index contributed by atoms with van der Waals surface area (Å²) in [6.07, 6.45) is 3.30. The predicted octanol–water partition coefficient (Wildman–Crippen LogP) is 8.43. The van der Waals surface area contributed by atoms with Crippen molar-refractivity contribution in [2.75, 3.05) is 0 Å². The zero-order valence-corrected chi connectivity index (χ0v) is 23.5. The lowest BCUT2D eigenvalue weighted by Crippen LogP contribution is -1.89. The van der Waals surface area contributed by atoms with Crippen LogP contribution in [-0.4, -0.2) is 32.9 Å². The Morgan fingerprint density at radius 3 is 1.43 bits per heavy atom. The summed E-state index contributed by atoms with van der Waals surface area (Å²) in [6, 6.07) is 16.3. The van der Waals surface area contributed by atoms with Crippen molar-refractivity contribution in [3.63, 3.8) is 0 Å². The van der Waals surface area contributed by atoms with Gasteiger partial charge in [0.25, 0.3) is 0 Å². The summed E-state index contributed by atoms with van der Waals surface area (Å²) >= 11 is 18.6. The van der Waals surface area contributed by atoms with Gasteiger partial charge in [0.15, 0.2) is 0 Å². The van der Waals surface area contributed by atoms with Gasteiger partial charge in [-0.3, -0.25) is 9.98 Å². The lowest BCUT2D eigenvalue weighted by Gasteiger charge is -2.08. The molecule has 0 unspecified atom stereocenters. The molecule has 0 heterocycles. The summed E-state index contributed by atoms with van der Waals surface area (Å²) < 4.78 is 0.867. The van der Waals surface area contributed by atoms with Crippen LogP contribution < -0.4 is 0 Å². The largest absolute Gasteiger partial charge is 0.506 e. The van der Waals surface area contributed by atoms with Gasteiger partial charge in [-0.1, -0.05) is 35.3 Å². The Morgan fingerprint density at radius 2 is 1.03 bits per heavy atom. The van der Waals surface area contributed by atoms with Crippen LogP contribution in [0.1, 0.15) is 22.3 Å². The topological polar surface area (TPSA) is 106 Å². The molecule has 4 aromatic rings. The number of phenolic OH excluding ortho intramolecular Hbond substituents is 4. The second-order valence-electron chi connectivity index (χ2n) is 7.99. The molecule has 0 aliphatic carbocycles. The van der Waals surface area contributed by atoms with Crippen LogP contribution in [0.2, 0.25) is 10.0 Å². The number of aliphatic imine (C=N–C) groups is 2. The van der Waals surface area contributed by atoms with E-state index >= 15 is 0 Å². The van der Waals surface area contributed by atoms with Gasteiger partial charge in [-0.05, 0) is 97.9 Å². The van der Waals surface area contributed by atoms with Gasteiger partial charge in [0.05, 0.1) is 8.95 Å². The van der Waals surface area contributed by atoms with Crippen LogP contribution in [0.3, 0.4) is 0 Å². The maximum Gasteiger partial charge on any atom is 0.141 e. The molecule has 4 rings (SSSR count). The zero-order chi connectivity index (χ0) is 26.7. The molecular weight excluding hydrogens is 647 g/mol. The van der Waals surface area contributed by atoms with E-state index in [1.165, 1.54) is 24.6 Å². The fourth-order valence-corrected chi connectivity index (χ4v) is 5.12. The van der Waals surface area contributed by atoms with E-state index in [0.717, 1.165) is 11.1 Å². The van der Waals surface area contributed by atoms with E-state index < -0.39 is 0 Å². The number of nitrogens with zero attached hydrogens (tertiary/aromatic N) is 2. The SMILES string of the molecule is Oc1ccc(Cc2ccc(O)c(N=Cc3cc(Cl)cc(Br)c3O)c2)cc1N=Cc1cc(Cl)cc(Br)c1O. The van der Waals surface area contributed by atoms with Crippen molar-refractivity contribution in [2.45, 2.75) is 6.42 Å². The molecular formula is C27H18Br2Cl2N2O4. The average molecular weight is 665 g/mol. The molecule has 0 spiro atoms. The molecule has 4 N–H and O–H groups in total. The highest BCUT2D eigenvalue weighted by atomic mass is 79.9. The highest BCUT2D eigenvalue weighted by molar-refractivity contribution is 9.11. The quantitative estimate of drug-likeness (QED) is 0.155. The van der Waals surface area contributed by atoms with E-state index in [1.807, 2.05) is 0 Å². The van der Waals surface area contributed by atoms with Crippen LogP contribution in [0, 0.1) is 0 Å². The van der Waals surface area contributed by atoms with E-state index in [0.29, 0.717) is 47.9 Å². The normalized spacial score (nSPS) is 11.6. The van der Waals surface area contributed by atoms with Crippen molar-refractivity contribution in [3.8, 4) is 23.0 Å². The fraction of sp³-hybridized carbons (Fsp3) is 0.0370. The van der Waals surface area contributed by atoms with Crippen LogP contribution in [-0.2, 0) is 6.42 Å². The molecule has 0 bridgehead atoms. The first kappa shape index (κ1) is 27.0. The van der Waals surface area contributed by atoms with E-state index in [2.05, 4.69) is 41.8 Å². The van der Waals surface area contributed by atoms with E-state index in [-0.39, 0.29) is 23.0 Å². The third-order valence-electron chi connectivity index (χ3n) is 5.29. The molecule has 0 saturated carbocycles. The Bertz CT molecular complexity index is 1440. The summed E-state index contributed by atoms with van der Waals surface area (Å²) in [5.41, 5.74) is 3.10. The van der Waals surface area contributed by atoms with Crippen molar-refractivity contribution in [1.82, 2.24) is 0 Å². The minimum absolute atomic E-state index is 0.0144. The van der Waals surface area contributed by atoms with Gasteiger partial charge >= 0.3 is 0 Å². The van der Waals surface area contributed by atoms with Gasteiger partial charge in [0.2, 0.25) is 0 Å². The number of aromatic hydroxyl groups is 4. The zero-order valence-electron chi connectivity index (χ0n) is 18.8. The highest BCUT2D eigenvalue weighted by Gasteiger charge is 2.09. The first-order chi connectivity index (χ1) is 17.6. The summed E-state index contributed by atoms with van der Waals surface area (Å²) in [7, 11) is 0. The maximum atomic E-state index is 10.3. The van der Waals surface area contributed by atoms with Crippen molar-refractivity contribution in [3.05, 3.63) is 102 Å². The monoisotopic (exact) mass is 662 g/mol. The predicted molar refractivity (Wildman–Crippen MR) is 155 cm³/mol. The Morgan fingerprint density at radius 1 is 0.622 bits per heavy atom. The molecule has 188 valence electrons. The second kappa shape index (κ2) is 11.6. The van der Waals surface area contributed by atoms with Crippen molar-refractivity contribution >= 4 is 78.9 Å². The fourth-order valence-electron chi connectivity index (χ4n) is 3.45. The van der Waals surface area contributed by atoms with Gasteiger partial charge in [-0.15, -0.1) is 0 Å². The number of hydrogen-bond acceptors (Lipinski definition) is 6. The maximum absolute atomic E-state index is 10.3. The summed E-state index contributed by atoms with van der Waals surface area (Å²) in [5.74, 6) is -0.0769. The summed E-state index contributed by atoms with van der Waals surface area (Å²) in [6.45, 7) is 0. The molecule has 37 heavy (non-hydrogen) atoms. The Hall–Kier alpha value is -3.04. The molecule has 0 aliphatic rings. The standard InChI is InChI=1S/C27H18Br2Cl2N2O4/c28-20-10-18(30)8-16(26(20)36)12-32-22-6-14(1-3-24(22)34)5-15-2-4-25(35)23(7-15)33-13-17-9-19(31)11-21(29)27(17)37/h1-4,6-13,34-37H,5H2. The molecule has 0 fully saturated rings. The van der Waals surface area contributed by atoms with Crippen molar-refractivity contribution < 1.29 is 20.4 Å². The minimum Gasteiger partial charge on any atom is -0.506 e. The third-order valence-corrected chi connectivity index (χ3v) is 6.93. The first-order valence-electron chi connectivity index (χ1n) is 10.7. The summed E-state index contributed by atoms with van der Waals surface area (Å²) in [5, 5.41) is 41.8. The summed E-state index contributed by atoms with van der Waals surface area (Å²) in [4.78, 5) is 8.64. The second-order valence-corrected chi connectivity index (χ2v) is 10.6. The smallest absolute Gasteiger partial charge is 0.141 e. The van der Waals surface area contributed by atoms with Crippen LogP contribution in [0.15, 0.2) is 79.6 Å². The molecule has 0 atom stereocenters. The molecule has 0 aromatic heterocycles. The minimum atomic E-state index is -0.0240. The van der Waals surface area contributed by atoms with E-state index in [4.69, 9.17) is 23.2 Å². The first-order valence-corrected chi connectivity index (χ1v) is 13.0. The van der Waals surface area contributed by atoms with Crippen LogP contribution >= 0.6 is 55.1 Å². The van der Waals surface area contributed by atoms with Gasteiger partial charge < -0.3 is 20.4 Å². The van der Waals surface area contributed by atoms with Crippen molar-refractivity contribution in [2.24, 2.45) is 9.98 Å². The number of hydrogen-bond donors (Lipinski definition) is 4. The number of rotatable bonds is 6. The molecule has 0 saturated heterocycles. The molecule has 0 amide bonds. The number of halogens is 4. The highest BCUT2D eigenvalue weighted by Crippen LogP contribution is 2.34.